The molecule has 0 saturated heterocycles. The number of benzene rings is 5. The van der Waals surface area contributed by atoms with Crippen LogP contribution >= 0.6 is 30.1 Å². The van der Waals surface area contributed by atoms with Crippen LogP contribution in [0.2, 0.25) is 0 Å². The first-order valence-electron chi connectivity index (χ1n) is 12.2. The van der Waals surface area contributed by atoms with Crippen molar-refractivity contribution < 1.29 is 35.6 Å². The first kappa shape index (κ1) is 34.8. The van der Waals surface area contributed by atoms with Gasteiger partial charge in [-0.15, -0.1) is 6.07 Å². The molecule has 0 N–H and O–H groups in total. The Labute approximate surface area is 255 Å². The van der Waals surface area contributed by atoms with Crippen molar-refractivity contribution in [3.8, 4) is 0 Å². The van der Waals surface area contributed by atoms with Crippen molar-refractivity contribution in [3.63, 3.8) is 0 Å². The molecule has 5 aromatic rings. The second kappa shape index (κ2) is 18.9. The fourth-order valence-electron chi connectivity index (χ4n) is 3.58. The van der Waals surface area contributed by atoms with Gasteiger partial charge in [-0.1, -0.05) is 72.8 Å². The van der Waals surface area contributed by atoms with Crippen LogP contribution in [0.15, 0.2) is 121 Å². The molecule has 5 aromatic carbocycles. The third-order valence-corrected chi connectivity index (χ3v) is 10.6. The van der Waals surface area contributed by atoms with Crippen LogP contribution in [-0.2, 0) is 13.7 Å². The van der Waals surface area contributed by atoms with E-state index in [4.69, 9.17) is 0 Å². The third kappa shape index (κ3) is 11.1. The molecular weight excluding hydrogens is 680 g/mol. The summed E-state index contributed by atoms with van der Waals surface area (Å²) >= 11 is 6.25. The molecule has 0 atom stereocenters. The molecule has 0 amide bonds. The Balaban J connectivity index is 0.000000210. The van der Waals surface area contributed by atoms with Gasteiger partial charge in [0, 0.05) is 0 Å². The first-order chi connectivity index (χ1) is 19.8. The maximum atomic E-state index is 12.0. The molecular formula is C32H28BrF5NiP2+. The summed E-state index contributed by atoms with van der Waals surface area (Å²) in [6.45, 7) is 4.69. The number of halogens is 6. The van der Waals surface area contributed by atoms with Crippen LogP contribution in [0, 0.1) is 35.2 Å². The van der Waals surface area contributed by atoms with Gasteiger partial charge in [-0.25, -0.2) is 13.2 Å². The molecule has 41 heavy (non-hydrogen) atoms. The van der Waals surface area contributed by atoms with E-state index in [2.05, 4.69) is 163 Å². The van der Waals surface area contributed by atoms with Crippen LogP contribution in [0.4, 0.5) is 22.0 Å². The number of rotatable bonds is 4. The van der Waals surface area contributed by atoms with E-state index in [-0.39, 0.29) is 0 Å². The van der Waals surface area contributed by atoms with Gasteiger partial charge in [-0.05, 0) is 48.5 Å². The Morgan fingerprint density at radius 3 is 0.878 bits per heavy atom. The van der Waals surface area contributed by atoms with Crippen molar-refractivity contribution in [2.45, 2.75) is 0 Å². The van der Waals surface area contributed by atoms with E-state index < -0.39 is 44.9 Å². The molecule has 0 aliphatic heterocycles. The molecule has 0 fully saturated rings. The fourth-order valence-corrected chi connectivity index (χ4v) is 7.02. The Morgan fingerprint density at radius 1 is 0.439 bits per heavy atom. The van der Waals surface area contributed by atoms with Crippen LogP contribution in [-0.4, -0.2) is 13.3 Å². The van der Waals surface area contributed by atoms with Crippen LogP contribution in [0.3, 0.4) is 0 Å². The van der Waals surface area contributed by atoms with Gasteiger partial charge in [0.15, 0.2) is 0 Å². The van der Waals surface area contributed by atoms with Gasteiger partial charge < -0.3 is 0 Å². The summed E-state index contributed by atoms with van der Waals surface area (Å²) in [5, 5.41) is 5.90. The second-order valence-electron chi connectivity index (χ2n) is 8.41. The van der Waals surface area contributed by atoms with Crippen molar-refractivity contribution in [3.05, 3.63) is 156 Å². The van der Waals surface area contributed by atoms with Crippen molar-refractivity contribution >= 4 is 51.3 Å². The summed E-state index contributed by atoms with van der Waals surface area (Å²) in [7, 11) is -1.09. The van der Waals surface area contributed by atoms with E-state index in [1.165, 1.54) is 21.2 Å². The SMILES string of the molecule is C[PH+](c1ccccc1)c1ccccc1.C[PH+](c1ccccc1)c1ccccc1.Fc1[c-]c(F)c(F)c(F)c1F.[Ni][Br]. The summed E-state index contributed by atoms with van der Waals surface area (Å²) < 4.78 is 59.9. The molecule has 0 unspecified atom stereocenters. The predicted octanol–water partition coefficient (Wildman–Crippen LogP) is 7.99. The molecule has 0 heterocycles. The van der Waals surface area contributed by atoms with Gasteiger partial charge in [-0.3, -0.25) is 8.78 Å². The molecule has 9 heteroatoms. The van der Waals surface area contributed by atoms with Crippen LogP contribution < -0.4 is 21.2 Å². The zero-order chi connectivity index (χ0) is 30.2. The maximum absolute atomic E-state index is 12.0. The third-order valence-electron chi connectivity index (χ3n) is 5.82. The van der Waals surface area contributed by atoms with Gasteiger partial charge in [0.05, 0.1) is 79.5 Å². The normalized spacial score (nSPS) is 10.0. The molecule has 0 aliphatic rings. The van der Waals surface area contributed by atoms with Crippen LogP contribution in [0.5, 0.6) is 0 Å². The van der Waals surface area contributed by atoms with Gasteiger partial charge in [0.2, 0.25) is 0 Å². The summed E-state index contributed by atoms with van der Waals surface area (Å²) in [5.74, 6) is -10.0. The zero-order valence-electron chi connectivity index (χ0n) is 22.1. The quantitative estimate of drug-likeness (QED) is 0.0444. The summed E-state index contributed by atoms with van der Waals surface area (Å²) in [4.78, 5) is 0. The Kier molecular flexibility index (Phi) is 16.0. The molecule has 217 valence electrons. The molecule has 0 aromatic heterocycles. The molecule has 0 radical (unpaired) electrons. The Morgan fingerprint density at radius 2 is 0.659 bits per heavy atom. The van der Waals surface area contributed by atoms with E-state index in [1.807, 2.05) is 0 Å². The average Bonchev–Trinajstić information content (AvgIpc) is 3.05. The van der Waals surface area contributed by atoms with E-state index in [1.54, 1.807) is 0 Å². The van der Waals surface area contributed by atoms with Crippen molar-refractivity contribution in [2.24, 2.45) is 0 Å². The molecule has 0 aliphatic carbocycles. The molecule has 0 bridgehead atoms. The number of hydrogen-bond donors (Lipinski definition) is 0. The van der Waals surface area contributed by atoms with Gasteiger partial charge >= 0.3 is 27.9 Å². The zero-order valence-corrected chi connectivity index (χ0v) is 26.7. The van der Waals surface area contributed by atoms with Gasteiger partial charge in [0.25, 0.3) is 0 Å². The summed E-state index contributed by atoms with van der Waals surface area (Å²) in [5.41, 5.74) is 0. The minimum absolute atomic E-state index is 0.545. The molecule has 5 rings (SSSR count). The van der Waals surface area contributed by atoms with Crippen LogP contribution in [0.25, 0.3) is 0 Å². The average molecular weight is 708 g/mol. The standard InChI is InChI=1S/2C13H13P.C6F5.BrH.Ni/c2*1-14(12-8-4-2-5-9-12)13-10-6-3-7-11-13;7-2-1-3(8)5(10)6(11)4(2)9;;/h2*2-11H,1H3;;1H;/q;;-1;;+1/p+1. The van der Waals surface area contributed by atoms with Gasteiger partial charge in [0.1, 0.15) is 0 Å². The predicted molar refractivity (Wildman–Crippen MR) is 167 cm³/mol. The minimum atomic E-state index is -2.17. The van der Waals surface area contributed by atoms with Crippen molar-refractivity contribution in [1.29, 1.82) is 0 Å². The molecule has 0 nitrogen and oxygen atoms in total. The summed E-state index contributed by atoms with van der Waals surface area (Å²) in [6, 6.07) is 44.0. The van der Waals surface area contributed by atoms with Crippen molar-refractivity contribution in [1.82, 2.24) is 0 Å². The van der Waals surface area contributed by atoms with Crippen LogP contribution in [0.1, 0.15) is 0 Å². The monoisotopic (exact) mass is 706 g/mol. The summed E-state index contributed by atoms with van der Waals surface area (Å²) in [6.07, 6.45) is 0. The Bertz CT molecular complexity index is 1240. The number of hydrogen-bond acceptors (Lipinski definition) is 0. The topological polar surface area (TPSA) is 0 Å². The van der Waals surface area contributed by atoms with E-state index in [9.17, 15) is 22.0 Å². The van der Waals surface area contributed by atoms with Crippen molar-refractivity contribution in [2.75, 3.05) is 13.3 Å². The van der Waals surface area contributed by atoms with E-state index in [0.717, 1.165) is 6.07 Å². The second-order valence-corrected chi connectivity index (χ2v) is 13.2. The fraction of sp³-hybridized carbons (Fsp3) is 0.0625. The Hall–Kier alpha value is -2.42. The molecule has 0 spiro atoms. The molecule has 0 saturated carbocycles. The van der Waals surface area contributed by atoms with Gasteiger partial charge in [-0.2, -0.15) is 0 Å². The first-order valence-corrected chi connectivity index (χ1v) is 18.6. The van der Waals surface area contributed by atoms with E-state index >= 15 is 0 Å². The van der Waals surface area contributed by atoms with E-state index in [0.29, 0.717) is 0 Å².